The highest BCUT2D eigenvalue weighted by atomic mass is 32.2. The number of hydrogen-bond donors (Lipinski definition) is 1. The molecule has 7 nitrogen and oxygen atoms in total. The first-order valence-electron chi connectivity index (χ1n) is 7.27. The lowest BCUT2D eigenvalue weighted by molar-refractivity contribution is -0.947. The van der Waals surface area contributed by atoms with Crippen molar-refractivity contribution in [2.75, 3.05) is 26.2 Å². The molecule has 0 bridgehead atoms. The molecule has 0 saturated carbocycles. The summed E-state index contributed by atoms with van der Waals surface area (Å²) in [6, 6.07) is 0. The molecule has 1 amide bonds. The molecule has 1 aliphatic heterocycles. The number of rotatable bonds is 7. The van der Waals surface area contributed by atoms with Crippen LogP contribution < -0.4 is 5.32 Å². The molecule has 21 heavy (non-hydrogen) atoms. The number of esters is 1. The third kappa shape index (κ3) is 4.67. The predicted molar refractivity (Wildman–Crippen MR) is 81.2 cm³/mol. The Hall–Kier alpha value is -1.15. The van der Waals surface area contributed by atoms with Gasteiger partial charge in [0.2, 0.25) is 5.91 Å². The van der Waals surface area contributed by atoms with Crippen molar-refractivity contribution in [3.05, 3.63) is 4.91 Å². The summed E-state index contributed by atoms with van der Waals surface area (Å²) in [4.78, 5) is 34.0. The SMILES string of the molecule is CCOC(=O)[C@H](NC(C)=O)[N+]1(CC)CCC(SN=O)CC1. The van der Waals surface area contributed by atoms with Crippen LogP contribution >= 0.6 is 11.9 Å². The summed E-state index contributed by atoms with van der Waals surface area (Å²) in [5.74, 6) is -0.640. The number of nitrogens with zero attached hydrogens (tertiary/aromatic N) is 2. The van der Waals surface area contributed by atoms with E-state index in [-0.39, 0.29) is 17.8 Å². The smallest absolute Gasteiger partial charge is 0.387 e. The van der Waals surface area contributed by atoms with Crippen LogP contribution in [0.4, 0.5) is 0 Å². The summed E-state index contributed by atoms with van der Waals surface area (Å²) >= 11 is 1.06. The summed E-state index contributed by atoms with van der Waals surface area (Å²) < 4.78 is 8.47. The van der Waals surface area contributed by atoms with E-state index in [4.69, 9.17) is 4.74 Å². The van der Waals surface area contributed by atoms with Gasteiger partial charge in [-0.25, -0.2) is 4.79 Å². The first-order valence-corrected chi connectivity index (χ1v) is 8.10. The number of nitrogens with one attached hydrogen (secondary N) is 1. The number of likely N-dealkylation sites (N-methyl/N-ethyl adjacent to an activating group) is 1. The second-order valence-electron chi connectivity index (χ2n) is 5.22. The molecule has 120 valence electrons. The fourth-order valence-corrected chi connectivity index (χ4v) is 3.36. The molecule has 1 atom stereocenters. The van der Waals surface area contributed by atoms with Crippen LogP contribution in [0.3, 0.4) is 0 Å². The molecular formula is C13H24N3O4S+. The van der Waals surface area contributed by atoms with Crippen LogP contribution in [0.1, 0.15) is 33.6 Å². The molecule has 1 N–H and O–H groups in total. The third-order valence-electron chi connectivity index (χ3n) is 4.01. The molecular weight excluding hydrogens is 294 g/mol. The number of piperidine rings is 1. The van der Waals surface area contributed by atoms with E-state index >= 15 is 0 Å². The minimum absolute atomic E-state index is 0.195. The van der Waals surface area contributed by atoms with E-state index in [0.717, 1.165) is 31.3 Å². The number of carbonyl (C=O) groups is 2. The number of amides is 1. The van der Waals surface area contributed by atoms with Crippen molar-refractivity contribution in [3.63, 3.8) is 0 Å². The Bertz CT molecular complexity index is 384. The van der Waals surface area contributed by atoms with Gasteiger partial charge in [0.25, 0.3) is 6.17 Å². The summed E-state index contributed by atoms with van der Waals surface area (Å²) in [5.41, 5.74) is 0. The van der Waals surface area contributed by atoms with Crippen molar-refractivity contribution in [1.82, 2.24) is 5.32 Å². The number of ether oxygens (including phenoxy) is 1. The van der Waals surface area contributed by atoms with Gasteiger partial charge >= 0.3 is 5.97 Å². The zero-order valence-corrected chi connectivity index (χ0v) is 13.6. The van der Waals surface area contributed by atoms with Crippen molar-refractivity contribution in [2.45, 2.75) is 45.0 Å². The van der Waals surface area contributed by atoms with E-state index in [1.54, 1.807) is 6.92 Å². The van der Waals surface area contributed by atoms with Gasteiger partial charge in [-0.15, -0.1) is 4.91 Å². The average molecular weight is 318 g/mol. The summed E-state index contributed by atoms with van der Waals surface area (Å²) in [5, 5.41) is 2.93. The first kappa shape index (κ1) is 17.9. The van der Waals surface area contributed by atoms with Gasteiger partial charge in [0.1, 0.15) is 0 Å². The molecule has 0 aromatic heterocycles. The zero-order chi connectivity index (χ0) is 15.9. The Labute approximate surface area is 129 Å². The molecule has 1 saturated heterocycles. The largest absolute Gasteiger partial charge is 0.460 e. The molecule has 0 unspecified atom stereocenters. The average Bonchev–Trinajstić information content (AvgIpc) is 2.46. The molecule has 1 fully saturated rings. The highest BCUT2D eigenvalue weighted by molar-refractivity contribution is 7.98. The van der Waals surface area contributed by atoms with Gasteiger partial charge < -0.3 is 4.74 Å². The molecule has 0 spiro atoms. The van der Waals surface area contributed by atoms with E-state index in [9.17, 15) is 14.5 Å². The maximum atomic E-state index is 12.2. The van der Waals surface area contributed by atoms with Crippen molar-refractivity contribution in [3.8, 4) is 0 Å². The number of quaternary nitrogens is 1. The molecule has 1 aliphatic rings. The summed E-state index contributed by atoms with van der Waals surface area (Å²) in [7, 11) is 0. The van der Waals surface area contributed by atoms with Gasteiger partial charge in [-0.05, 0) is 13.8 Å². The van der Waals surface area contributed by atoms with Crippen molar-refractivity contribution >= 4 is 23.8 Å². The van der Waals surface area contributed by atoms with E-state index < -0.39 is 12.1 Å². The minimum Gasteiger partial charge on any atom is -0.460 e. The number of carbonyl (C=O) groups excluding carboxylic acids is 2. The quantitative estimate of drug-likeness (QED) is 0.332. The van der Waals surface area contributed by atoms with Gasteiger partial charge in [0.15, 0.2) is 0 Å². The normalized spacial score (nSPS) is 26.7. The van der Waals surface area contributed by atoms with Crippen molar-refractivity contribution in [2.24, 2.45) is 4.58 Å². The standard InChI is InChI=1S/C13H23N3O4S/c1-4-16(8-6-11(7-9-16)21-15-19)12(14-10(3)17)13(18)20-5-2/h11-12H,4-9H2,1-3H3/p+1/t11?,12-,16?/m1/s1. The number of likely N-dealkylation sites (tertiary alicyclic amines) is 1. The molecule has 1 heterocycles. The maximum Gasteiger partial charge on any atom is 0.387 e. The van der Waals surface area contributed by atoms with Crippen LogP contribution in [0.25, 0.3) is 0 Å². The summed E-state index contributed by atoms with van der Waals surface area (Å²) in [6.45, 7) is 7.58. The van der Waals surface area contributed by atoms with Crippen LogP contribution in [-0.4, -0.2) is 54.0 Å². The Morgan fingerprint density at radius 1 is 1.38 bits per heavy atom. The highest BCUT2D eigenvalue weighted by Crippen LogP contribution is 2.30. The molecule has 0 aromatic carbocycles. The van der Waals surface area contributed by atoms with Gasteiger partial charge in [-0.3, -0.25) is 14.6 Å². The van der Waals surface area contributed by atoms with Gasteiger partial charge in [0.05, 0.1) is 26.2 Å². The fourth-order valence-electron chi connectivity index (χ4n) is 2.81. The molecule has 0 radical (unpaired) electrons. The predicted octanol–water partition coefficient (Wildman–Crippen LogP) is 1.43. The molecule has 0 aliphatic carbocycles. The van der Waals surface area contributed by atoms with Gasteiger partial charge in [0, 0.05) is 41.5 Å². The number of nitroso groups, excluding NO2 is 1. The van der Waals surface area contributed by atoms with E-state index in [1.165, 1.54) is 6.92 Å². The van der Waals surface area contributed by atoms with Crippen LogP contribution in [0, 0.1) is 4.91 Å². The van der Waals surface area contributed by atoms with Crippen molar-refractivity contribution in [1.29, 1.82) is 0 Å². The Morgan fingerprint density at radius 2 is 2.00 bits per heavy atom. The number of hydrogen-bond acceptors (Lipinski definition) is 6. The lowest BCUT2D eigenvalue weighted by Gasteiger charge is -2.46. The topological polar surface area (TPSA) is 84.8 Å². The maximum absolute atomic E-state index is 12.2. The highest BCUT2D eigenvalue weighted by Gasteiger charge is 2.45. The Balaban J connectivity index is 2.88. The summed E-state index contributed by atoms with van der Waals surface area (Å²) in [6.07, 6.45) is 0.905. The lowest BCUT2D eigenvalue weighted by atomic mass is 10.1. The van der Waals surface area contributed by atoms with E-state index in [2.05, 4.69) is 9.90 Å². The monoisotopic (exact) mass is 318 g/mol. The van der Waals surface area contributed by atoms with Crippen LogP contribution in [0.2, 0.25) is 0 Å². The molecule has 1 rings (SSSR count). The Kier molecular flexibility index (Phi) is 7.10. The fraction of sp³-hybridized carbons (Fsp3) is 0.846. The first-order chi connectivity index (χ1) is 9.99. The van der Waals surface area contributed by atoms with Gasteiger partial charge in [-0.1, -0.05) is 0 Å². The van der Waals surface area contributed by atoms with E-state index in [0.29, 0.717) is 17.6 Å². The van der Waals surface area contributed by atoms with Gasteiger partial charge in [-0.2, -0.15) is 0 Å². The van der Waals surface area contributed by atoms with Crippen LogP contribution in [-0.2, 0) is 14.3 Å². The Morgan fingerprint density at radius 3 is 2.43 bits per heavy atom. The minimum atomic E-state index is -0.678. The van der Waals surface area contributed by atoms with Crippen LogP contribution in [0.15, 0.2) is 4.58 Å². The van der Waals surface area contributed by atoms with Crippen molar-refractivity contribution < 1.29 is 18.8 Å². The second-order valence-corrected chi connectivity index (χ2v) is 6.24. The third-order valence-corrected chi connectivity index (χ3v) is 4.87. The van der Waals surface area contributed by atoms with Crippen LogP contribution in [0.5, 0.6) is 0 Å². The lowest BCUT2D eigenvalue weighted by Crippen LogP contribution is -2.68. The zero-order valence-electron chi connectivity index (χ0n) is 12.8. The molecule has 8 heteroatoms. The van der Waals surface area contributed by atoms with E-state index in [1.807, 2.05) is 6.92 Å². The molecule has 0 aromatic rings. The second kappa shape index (κ2) is 8.33.